The Balaban J connectivity index is 1.89. The number of hydrogen-bond donors (Lipinski definition) is 3. The minimum atomic E-state index is -3.22. The number of rotatable bonds is 13. The number of benzene rings is 3. The average Bonchev–Trinajstić information content (AvgIpc) is 2.95. The maximum absolute atomic E-state index is 10.5. The van der Waals surface area contributed by atoms with Gasteiger partial charge in [-0.05, 0) is 36.0 Å². The van der Waals surface area contributed by atoms with Gasteiger partial charge in [0.1, 0.15) is 17.2 Å². The first-order valence-electron chi connectivity index (χ1n) is 13.4. The van der Waals surface area contributed by atoms with E-state index in [9.17, 15) is 15.3 Å². The second-order valence-corrected chi connectivity index (χ2v) is 12.0. The highest BCUT2D eigenvalue weighted by Gasteiger charge is 2.35. The van der Waals surface area contributed by atoms with Crippen LogP contribution in [-0.2, 0) is 38.9 Å². The highest BCUT2D eigenvalue weighted by Crippen LogP contribution is 2.28. The molecular formula is C29H38N6O3Si. The molecule has 3 N–H and O–H groups in total. The Morgan fingerprint density at radius 2 is 0.769 bits per heavy atom. The maximum Gasteiger partial charge on any atom is 0.490 e. The van der Waals surface area contributed by atoms with Crippen LogP contribution in [0.1, 0.15) is 61.1 Å². The lowest BCUT2D eigenvalue weighted by Crippen LogP contribution is -2.25. The largest absolute Gasteiger partial charge is 0.507 e. The Bertz CT molecular complexity index is 1180. The topological polar surface area (TPSA) is 135 Å². The van der Waals surface area contributed by atoms with Gasteiger partial charge in [-0.15, -0.1) is 0 Å². The summed E-state index contributed by atoms with van der Waals surface area (Å²) in [5.41, 5.74) is 4.58. The van der Waals surface area contributed by atoms with Crippen molar-refractivity contribution in [2.24, 2.45) is 29.7 Å². The number of aryl methyl sites for hydroxylation is 3. The molecule has 0 unspecified atom stereocenters. The smallest absolute Gasteiger partial charge is 0.490 e. The first kappa shape index (κ1) is 29.6. The van der Waals surface area contributed by atoms with Crippen molar-refractivity contribution in [3.8, 4) is 17.2 Å². The van der Waals surface area contributed by atoms with Crippen molar-refractivity contribution >= 4 is 8.56 Å². The monoisotopic (exact) mass is 546 g/mol. The van der Waals surface area contributed by atoms with Gasteiger partial charge in [0.05, 0.1) is 19.6 Å². The first-order valence-corrected chi connectivity index (χ1v) is 15.5. The molecule has 0 radical (unpaired) electrons. The van der Waals surface area contributed by atoms with E-state index < -0.39 is 8.56 Å². The van der Waals surface area contributed by atoms with Crippen molar-refractivity contribution in [2.45, 2.75) is 72.6 Å². The second-order valence-electron chi connectivity index (χ2n) is 9.16. The van der Waals surface area contributed by atoms with Gasteiger partial charge in [-0.25, -0.2) is 0 Å². The third kappa shape index (κ3) is 7.57. The molecule has 0 saturated heterocycles. The summed E-state index contributed by atoms with van der Waals surface area (Å²) in [5.74, 6) is 0.676. The SMILES string of the molecule is CCc1cccc(CN=N[Si](CC)(N=NCc2cccc(CC)c2O)N=NCc2cccc(CC)c2O)c1O. The van der Waals surface area contributed by atoms with Crippen LogP contribution in [0, 0.1) is 0 Å². The van der Waals surface area contributed by atoms with E-state index in [4.69, 9.17) is 0 Å². The molecule has 0 saturated carbocycles. The molecule has 0 aliphatic rings. The van der Waals surface area contributed by atoms with E-state index in [1.54, 1.807) is 0 Å². The second kappa shape index (κ2) is 14.3. The minimum Gasteiger partial charge on any atom is -0.507 e. The molecule has 0 atom stereocenters. The number of phenols is 3. The van der Waals surface area contributed by atoms with Gasteiger partial charge in [0.15, 0.2) is 0 Å². The standard InChI is InChI=1S/C29H38N6O3Si/c1-5-21-12-9-15-24(27(21)36)18-30-33-39(8-4,34-31-19-25-16-10-13-22(6-2)28(25)37)35-32-20-26-17-11-14-23(7-3)29(26)38/h9-17,36-38H,5-8,18-20H2,1-4H3. The molecule has 3 rings (SSSR count). The normalized spacial score (nSPS) is 13.5. The van der Waals surface area contributed by atoms with Gasteiger partial charge in [0.25, 0.3) is 0 Å². The van der Waals surface area contributed by atoms with Crippen LogP contribution in [0.25, 0.3) is 0 Å². The molecule has 0 aliphatic carbocycles. The number of hydrogen-bond acceptors (Lipinski definition) is 9. The van der Waals surface area contributed by atoms with Crippen LogP contribution in [0.2, 0.25) is 6.04 Å². The summed E-state index contributed by atoms with van der Waals surface area (Å²) in [6, 6.07) is 17.2. The highest BCUT2D eigenvalue weighted by molar-refractivity contribution is 6.74. The maximum atomic E-state index is 10.5. The Kier molecular flexibility index (Phi) is 10.9. The Morgan fingerprint density at radius 3 is 1.03 bits per heavy atom. The molecule has 206 valence electrons. The zero-order chi connectivity index (χ0) is 28.3. The molecule has 9 nitrogen and oxygen atoms in total. The number of para-hydroxylation sites is 3. The molecule has 0 aliphatic heterocycles. The quantitative estimate of drug-likeness (QED) is 0.150. The fourth-order valence-electron chi connectivity index (χ4n) is 4.12. The van der Waals surface area contributed by atoms with E-state index in [1.165, 1.54) is 0 Å². The predicted molar refractivity (Wildman–Crippen MR) is 154 cm³/mol. The number of nitrogens with zero attached hydrogens (tertiary/aromatic N) is 6. The van der Waals surface area contributed by atoms with Crippen molar-refractivity contribution in [3.05, 3.63) is 88.0 Å². The van der Waals surface area contributed by atoms with Crippen molar-refractivity contribution in [1.82, 2.24) is 0 Å². The fraction of sp³-hybridized carbons (Fsp3) is 0.379. The number of aromatic hydroxyl groups is 3. The van der Waals surface area contributed by atoms with Crippen LogP contribution in [0.3, 0.4) is 0 Å². The molecule has 0 heterocycles. The third-order valence-electron chi connectivity index (χ3n) is 6.64. The minimum absolute atomic E-state index is 0.179. The predicted octanol–water partition coefficient (Wildman–Crippen LogP) is 7.71. The van der Waals surface area contributed by atoms with Crippen LogP contribution >= 0.6 is 0 Å². The molecular weight excluding hydrogens is 508 g/mol. The van der Waals surface area contributed by atoms with E-state index in [0.29, 0.717) is 42.0 Å². The van der Waals surface area contributed by atoms with Crippen LogP contribution < -0.4 is 0 Å². The molecule has 39 heavy (non-hydrogen) atoms. The van der Waals surface area contributed by atoms with Gasteiger partial charge < -0.3 is 15.3 Å². The summed E-state index contributed by atoms with van der Waals surface area (Å²) in [4.78, 5) is 0. The van der Waals surface area contributed by atoms with Gasteiger partial charge in [-0.1, -0.05) is 82.3 Å². The van der Waals surface area contributed by atoms with Crippen molar-refractivity contribution in [1.29, 1.82) is 0 Å². The summed E-state index contributed by atoms with van der Waals surface area (Å²) >= 11 is 0. The summed E-state index contributed by atoms with van der Waals surface area (Å²) < 4.78 is 13.6. The van der Waals surface area contributed by atoms with Gasteiger partial charge in [-0.3, -0.25) is 0 Å². The number of phenolic OH excluding ortho intramolecular Hbond substituents is 3. The Hall–Kier alpha value is -3.92. The zero-order valence-electron chi connectivity index (χ0n) is 23.2. The van der Waals surface area contributed by atoms with Crippen LogP contribution in [0.5, 0.6) is 17.2 Å². The van der Waals surface area contributed by atoms with E-state index in [0.717, 1.165) is 16.7 Å². The lowest BCUT2D eigenvalue weighted by molar-refractivity contribution is 0.461. The molecule has 0 spiro atoms. The van der Waals surface area contributed by atoms with Crippen molar-refractivity contribution < 1.29 is 15.3 Å². The molecule has 3 aromatic carbocycles. The highest BCUT2D eigenvalue weighted by atomic mass is 28.4. The van der Waals surface area contributed by atoms with Crippen molar-refractivity contribution in [3.63, 3.8) is 0 Å². The van der Waals surface area contributed by atoms with Gasteiger partial charge in [0.2, 0.25) is 0 Å². The lowest BCUT2D eigenvalue weighted by atomic mass is 10.1. The average molecular weight is 547 g/mol. The third-order valence-corrected chi connectivity index (χ3v) is 8.98. The van der Waals surface area contributed by atoms with E-state index in [1.807, 2.05) is 82.3 Å². The Labute approximate surface area is 231 Å². The van der Waals surface area contributed by atoms with E-state index >= 15 is 0 Å². The summed E-state index contributed by atoms with van der Waals surface area (Å²) in [6.45, 7) is 8.41. The fourth-order valence-corrected chi connectivity index (χ4v) is 5.55. The lowest BCUT2D eigenvalue weighted by Gasteiger charge is -2.12. The molecule has 10 heteroatoms. The van der Waals surface area contributed by atoms with E-state index in [2.05, 4.69) is 29.7 Å². The molecule has 0 bridgehead atoms. The zero-order valence-corrected chi connectivity index (χ0v) is 24.2. The summed E-state index contributed by atoms with van der Waals surface area (Å²) in [7, 11) is -3.22. The van der Waals surface area contributed by atoms with Crippen LogP contribution in [0.4, 0.5) is 0 Å². The molecule has 0 fully saturated rings. The molecule has 0 aromatic heterocycles. The first-order chi connectivity index (χ1) is 18.9. The van der Waals surface area contributed by atoms with E-state index in [-0.39, 0.29) is 36.9 Å². The molecule has 3 aromatic rings. The van der Waals surface area contributed by atoms with Crippen LogP contribution in [-0.4, -0.2) is 23.9 Å². The summed E-state index contributed by atoms with van der Waals surface area (Å²) in [6.07, 6.45) is 2.14. The molecule has 0 amide bonds. The van der Waals surface area contributed by atoms with Crippen LogP contribution in [0.15, 0.2) is 84.3 Å². The van der Waals surface area contributed by atoms with Crippen molar-refractivity contribution in [2.75, 3.05) is 0 Å². The van der Waals surface area contributed by atoms with Gasteiger partial charge in [-0.2, -0.15) is 29.7 Å². The van der Waals surface area contributed by atoms with Gasteiger partial charge >= 0.3 is 8.56 Å². The Morgan fingerprint density at radius 1 is 0.487 bits per heavy atom. The summed E-state index contributed by atoms with van der Waals surface area (Å²) in [5, 5.41) is 44.7. The van der Waals surface area contributed by atoms with Gasteiger partial charge in [0, 0.05) is 22.7 Å².